The van der Waals surface area contributed by atoms with E-state index in [9.17, 15) is 18.0 Å². The Morgan fingerprint density at radius 2 is 1.72 bits per heavy atom. The number of rotatable bonds is 3. The third kappa shape index (κ3) is 3.22. The molecule has 0 aromatic heterocycles. The lowest BCUT2D eigenvalue weighted by Gasteiger charge is -2.22. The molecule has 0 saturated heterocycles. The number of esters is 1. The van der Waals surface area contributed by atoms with Crippen LogP contribution in [0.25, 0.3) is 0 Å². The first-order valence-electron chi connectivity index (χ1n) is 5.18. The van der Waals surface area contributed by atoms with Crippen molar-refractivity contribution in [3.8, 4) is 0 Å². The summed E-state index contributed by atoms with van der Waals surface area (Å²) in [4.78, 5) is 13.1. The maximum absolute atomic E-state index is 12.4. The van der Waals surface area contributed by atoms with Gasteiger partial charge >= 0.3 is 12.1 Å². The summed E-state index contributed by atoms with van der Waals surface area (Å²) in [6.07, 6.45) is -4.38. The number of carbonyl (C=O) groups is 1. The average Bonchev–Trinajstić information content (AvgIpc) is 2.28. The summed E-state index contributed by atoms with van der Waals surface area (Å²) in [5.41, 5.74) is -0.284. The number of carbonyl (C=O) groups excluding carboxylic acids is 1. The Kier molecular flexibility index (Phi) is 4.34. The molecular formula is C12H14F3NO2. The molecule has 0 heterocycles. The summed E-state index contributed by atoms with van der Waals surface area (Å²) >= 11 is 0. The number of alkyl halides is 3. The van der Waals surface area contributed by atoms with Crippen molar-refractivity contribution in [2.75, 3.05) is 21.2 Å². The Balaban J connectivity index is 3.05. The number of hydrogen-bond acceptors (Lipinski definition) is 3. The summed E-state index contributed by atoms with van der Waals surface area (Å²) < 4.78 is 41.8. The largest absolute Gasteiger partial charge is 0.468 e. The molecule has 0 N–H and O–H groups in total. The van der Waals surface area contributed by atoms with Crippen LogP contribution in [0.2, 0.25) is 0 Å². The minimum atomic E-state index is -4.38. The second-order valence-electron chi connectivity index (χ2n) is 4.01. The first-order chi connectivity index (χ1) is 8.27. The Bertz CT molecular complexity index is 412. The molecule has 0 aliphatic heterocycles. The number of methoxy groups -OCH3 is 1. The maximum atomic E-state index is 12.4. The van der Waals surface area contributed by atoms with Crippen LogP contribution in [0.4, 0.5) is 13.2 Å². The molecular weight excluding hydrogens is 247 g/mol. The highest BCUT2D eigenvalue weighted by Crippen LogP contribution is 2.30. The summed E-state index contributed by atoms with van der Waals surface area (Å²) in [6, 6.07) is 3.76. The highest BCUT2D eigenvalue weighted by atomic mass is 19.4. The quantitative estimate of drug-likeness (QED) is 0.783. The zero-order valence-corrected chi connectivity index (χ0v) is 10.3. The lowest BCUT2D eigenvalue weighted by atomic mass is 10.0. The van der Waals surface area contributed by atoms with E-state index >= 15 is 0 Å². The zero-order chi connectivity index (χ0) is 13.9. The molecule has 0 saturated carbocycles. The number of ether oxygens (including phenoxy) is 1. The third-order valence-corrected chi connectivity index (χ3v) is 2.49. The monoisotopic (exact) mass is 261 g/mol. The van der Waals surface area contributed by atoms with Crippen LogP contribution in [-0.4, -0.2) is 32.1 Å². The van der Waals surface area contributed by atoms with Gasteiger partial charge < -0.3 is 4.74 Å². The fraction of sp³-hybridized carbons (Fsp3) is 0.417. The molecule has 1 aromatic carbocycles. The second kappa shape index (κ2) is 5.39. The summed E-state index contributed by atoms with van der Waals surface area (Å²) in [5, 5.41) is 0. The SMILES string of the molecule is COC(=O)C(c1ccc(C(F)(F)F)cc1)N(C)C. The van der Waals surface area contributed by atoms with Gasteiger partial charge in [-0.25, -0.2) is 4.79 Å². The number of halogens is 3. The van der Waals surface area contributed by atoms with Crippen molar-refractivity contribution in [3.63, 3.8) is 0 Å². The highest BCUT2D eigenvalue weighted by molar-refractivity contribution is 5.77. The first-order valence-corrected chi connectivity index (χ1v) is 5.18. The fourth-order valence-electron chi connectivity index (χ4n) is 1.61. The van der Waals surface area contributed by atoms with Crippen molar-refractivity contribution in [1.29, 1.82) is 0 Å². The Labute approximate surface area is 103 Å². The predicted octanol–water partition coefficient (Wildman–Crippen LogP) is 2.48. The van der Waals surface area contributed by atoms with Gasteiger partial charge in [-0.2, -0.15) is 13.2 Å². The van der Waals surface area contributed by atoms with E-state index in [4.69, 9.17) is 0 Å². The first kappa shape index (κ1) is 14.5. The van der Waals surface area contributed by atoms with Gasteiger partial charge in [-0.3, -0.25) is 4.90 Å². The van der Waals surface area contributed by atoms with E-state index in [0.29, 0.717) is 5.56 Å². The predicted molar refractivity (Wildman–Crippen MR) is 59.9 cm³/mol. The highest BCUT2D eigenvalue weighted by Gasteiger charge is 2.31. The van der Waals surface area contributed by atoms with Crippen molar-refractivity contribution in [2.45, 2.75) is 12.2 Å². The molecule has 0 radical (unpaired) electrons. The van der Waals surface area contributed by atoms with E-state index in [0.717, 1.165) is 12.1 Å². The van der Waals surface area contributed by atoms with Gasteiger partial charge in [0.1, 0.15) is 6.04 Å². The number of nitrogens with zero attached hydrogens (tertiary/aromatic N) is 1. The molecule has 0 aliphatic carbocycles. The Morgan fingerprint density at radius 1 is 1.22 bits per heavy atom. The summed E-state index contributed by atoms with van der Waals surface area (Å²) in [6.45, 7) is 0. The van der Waals surface area contributed by atoms with Gasteiger partial charge in [-0.05, 0) is 31.8 Å². The smallest absolute Gasteiger partial charge is 0.416 e. The second-order valence-corrected chi connectivity index (χ2v) is 4.01. The molecule has 0 bridgehead atoms. The van der Waals surface area contributed by atoms with Crippen LogP contribution < -0.4 is 0 Å². The van der Waals surface area contributed by atoms with Crippen molar-refractivity contribution >= 4 is 5.97 Å². The van der Waals surface area contributed by atoms with Crippen LogP contribution in [0.15, 0.2) is 24.3 Å². The van der Waals surface area contributed by atoms with Gasteiger partial charge in [0, 0.05) is 0 Å². The topological polar surface area (TPSA) is 29.5 Å². The fourth-order valence-corrected chi connectivity index (χ4v) is 1.61. The molecule has 0 fully saturated rings. The van der Waals surface area contributed by atoms with E-state index in [1.807, 2.05) is 0 Å². The molecule has 1 unspecified atom stereocenters. The Hall–Kier alpha value is -1.56. The normalized spacial score (nSPS) is 13.5. The average molecular weight is 261 g/mol. The van der Waals surface area contributed by atoms with Gasteiger partial charge in [0.2, 0.25) is 0 Å². The lowest BCUT2D eigenvalue weighted by molar-refractivity contribution is -0.146. The number of hydrogen-bond donors (Lipinski definition) is 0. The lowest BCUT2D eigenvalue weighted by Crippen LogP contribution is -2.28. The van der Waals surface area contributed by atoms with Crippen LogP contribution >= 0.6 is 0 Å². The van der Waals surface area contributed by atoms with Crippen LogP contribution in [0.1, 0.15) is 17.2 Å². The number of likely N-dealkylation sites (N-methyl/N-ethyl adjacent to an activating group) is 1. The van der Waals surface area contributed by atoms with Gasteiger partial charge in [0.25, 0.3) is 0 Å². The van der Waals surface area contributed by atoms with Crippen molar-refractivity contribution in [2.24, 2.45) is 0 Å². The van der Waals surface area contributed by atoms with Crippen molar-refractivity contribution < 1.29 is 22.7 Å². The van der Waals surface area contributed by atoms with Crippen molar-refractivity contribution in [3.05, 3.63) is 35.4 Å². The van der Waals surface area contributed by atoms with Crippen LogP contribution in [0.5, 0.6) is 0 Å². The minimum Gasteiger partial charge on any atom is -0.468 e. The molecule has 1 rings (SSSR count). The Morgan fingerprint density at radius 3 is 2.06 bits per heavy atom. The third-order valence-electron chi connectivity index (χ3n) is 2.49. The molecule has 6 heteroatoms. The molecule has 3 nitrogen and oxygen atoms in total. The van der Waals surface area contributed by atoms with Crippen LogP contribution in [0.3, 0.4) is 0 Å². The molecule has 1 atom stereocenters. The summed E-state index contributed by atoms with van der Waals surface area (Å²) in [7, 11) is 4.54. The molecule has 18 heavy (non-hydrogen) atoms. The van der Waals surface area contributed by atoms with E-state index in [1.54, 1.807) is 19.0 Å². The van der Waals surface area contributed by atoms with Gasteiger partial charge in [0.05, 0.1) is 12.7 Å². The molecule has 1 aromatic rings. The van der Waals surface area contributed by atoms with Gasteiger partial charge in [-0.1, -0.05) is 12.1 Å². The van der Waals surface area contributed by atoms with Crippen molar-refractivity contribution in [1.82, 2.24) is 4.90 Å². The molecule has 100 valence electrons. The standard InChI is InChI=1S/C12H14F3NO2/c1-16(2)10(11(17)18-3)8-4-6-9(7-5-8)12(13,14)15/h4-7,10H,1-3H3. The van der Waals surface area contributed by atoms with E-state index in [2.05, 4.69) is 4.74 Å². The van der Waals surface area contributed by atoms with E-state index < -0.39 is 23.8 Å². The van der Waals surface area contributed by atoms with E-state index in [-0.39, 0.29) is 0 Å². The molecule has 0 amide bonds. The van der Waals surface area contributed by atoms with Crippen LogP contribution in [0, 0.1) is 0 Å². The number of benzene rings is 1. The maximum Gasteiger partial charge on any atom is 0.416 e. The van der Waals surface area contributed by atoms with E-state index in [1.165, 1.54) is 19.2 Å². The molecule has 0 spiro atoms. The minimum absolute atomic E-state index is 0.458. The van der Waals surface area contributed by atoms with Crippen LogP contribution in [-0.2, 0) is 15.7 Å². The summed E-state index contributed by atoms with van der Waals surface area (Å²) in [5.74, 6) is -0.514. The zero-order valence-electron chi connectivity index (χ0n) is 10.3. The van der Waals surface area contributed by atoms with Gasteiger partial charge in [0.15, 0.2) is 0 Å². The van der Waals surface area contributed by atoms with Gasteiger partial charge in [-0.15, -0.1) is 0 Å². The molecule has 0 aliphatic rings.